The molecule has 1 N–H and O–H groups in total. The lowest BCUT2D eigenvalue weighted by atomic mass is 9.99. The van der Waals surface area contributed by atoms with Gasteiger partial charge >= 0.3 is 0 Å². The van der Waals surface area contributed by atoms with E-state index in [-0.39, 0.29) is 5.56 Å². The van der Waals surface area contributed by atoms with Gasteiger partial charge in [0, 0.05) is 16.1 Å². The fourth-order valence-corrected chi connectivity index (χ4v) is 3.08. The average Bonchev–Trinajstić information content (AvgIpc) is 2.45. The second-order valence-corrected chi connectivity index (χ2v) is 9.06. The minimum Gasteiger partial charge on any atom is -0.242 e. The van der Waals surface area contributed by atoms with Crippen LogP contribution in [0, 0.1) is 11.6 Å². The molecule has 124 valence electrons. The summed E-state index contributed by atoms with van der Waals surface area (Å²) in [5, 5.41) is 0. The molecule has 2 aromatic carbocycles. The minimum absolute atomic E-state index is 0.256. The van der Waals surface area contributed by atoms with Gasteiger partial charge in [-0.2, -0.15) is 0 Å². The molecular weight excluding hydrogens is 384 g/mol. The Bertz CT molecular complexity index is 714. The van der Waals surface area contributed by atoms with Gasteiger partial charge in [-0.05, 0) is 44.5 Å². The molecule has 0 fully saturated rings. The van der Waals surface area contributed by atoms with Crippen LogP contribution >= 0.6 is 15.9 Å². The highest BCUT2D eigenvalue weighted by atomic mass is 79.9. The lowest BCUT2D eigenvalue weighted by molar-refractivity contribution is 0.557. The van der Waals surface area contributed by atoms with Crippen molar-refractivity contribution < 1.29 is 13.0 Å². The van der Waals surface area contributed by atoms with E-state index in [2.05, 4.69) is 20.7 Å². The maximum atomic E-state index is 14.2. The van der Waals surface area contributed by atoms with Crippen LogP contribution in [0.4, 0.5) is 8.78 Å². The van der Waals surface area contributed by atoms with Crippen molar-refractivity contribution in [3.05, 3.63) is 69.7 Å². The highest BCUT2D eigenvalue weighted by Gasteiger charge is 2.26. The van der Waals surface area contributed by atoms with Gasteiger partial charge in [-0.3, -0.25) is 0 Å². The third-order valence-corrected chi connectivity index (χ3v) is 5.35. The first kappa shape index (κ1) is 18.2. The van der Waals surface area contributed by atoms with E-state index in [4.69, 9.17) is 0 Å². The summed E-state index contributed by atoms with van der Waals surface area (Å²) in [7, 11) is -1.41. The van der Waals surface area contributed by atoms with Crippen molar-refractivity contribution in [2.45, 2.75) is 31.6 Å². The van der Waals surface area contributed by atoms with E-state index in [1.165, 1.54) is 12.1 Å². The molecule has 0 amide bonds. The zero-order chi connectivity index (χ0) is 17.2. The van der Waals surface area contributed by atoms with Crippen molar-refractivity contribution in [1.82, 2.24) is 4.72 Å². The zero-order valence-electron chi connectivity index (χ0n) is 13.1. The Morgan fingerprint density at radius 1 is 1.09 bits per heavy atom. The molecule has 2 atom stereocenters. The first-order chi connectivity index (χ1) is 10.7. The summed E-state index contributed by atoms with van der Waals surface area (Å²) >= 11 is 3.35. The molecular formula is C17H18BrF2NOS. The first-order valence-electron chi connectivity index (χ1n) is 7.07. The van der Waals surface area contributed by atoms with E-state index < -0.39 is 33.4 Å². The highest BCUT2D eigenvalue weighted by molar-refractivity contribution is 9.10. The summed E-state index contributed by atoms with van der Waals surface area (Å²) in [5.41, 5.74) is 1.00. The van der Waals surface area contributed by atoms with Crippen LogP contribution in [0.5, 0.6) is 0 Å². The molecule has 23 heavy (non-hydrogen) atoms. The number of hydrogen-bond donors (Lipinski definition) is 1. The van der Waals surface area contributed by atoms with Gasteiger partial charge in [-0.25, -0.2) is 17.7 Å². The average molecular weight is 402 g/mol. The van der Waals surface area contributed by atoms with E-state index >= 15 is 0 Å². The van der Waals surface area contributed by atoms with Crippen LogP contribution in [0.3, 0.4) is 0 Å². The topological polar surface area (TPSA) is 29.1 Å². The van der Waals surface area contributed by atoms with Crippen LogP contribution in [0.25, 0.3) is 0 Å². The van der Waals surface area contributed by atoms with Crippen molar-refractivity contribution in [2.75, 3.05) is 0 Å². The van der Waals surface area contributed by atoms with Crippen molar-refractivity contribution in [2.24, 2.45) is 0 Å². The first-order valence-corrected chi connectivity index (χ1v) is 9.01. The van der Waals surface area contributed by atoms with Crippen LogP contribution in [0.2, 0.25) is 0 Å². The van der Waals surface area contributed by atoms with Crippen molar-refractivity contribution in [3.8, 4) is 0 Å². The Labute approximate surface area is 146 Å². The molecule has 0 saturated carbocycles. The van der Waals surface area contributed by atoms with Crippen LogP contribution in [0.15, 0.2) is 46.9 Å². The number of halogens is 3. The second-order valence-electron chi connectivity index (χ2n) is 6.15. The number of benzene rings is 2. The Hall–Kier alpha value is -1.11. The summed E-state index contributed by atoms with van der Waals surface area (Å²) in [6.07, 6.45) is 0. The summed E-state index contributed by atoms with van der Waals surface area (Å²) in [5.74, 6) is -1.31. The molecule has 0 spiro atoms. The van der Waals surface area contributed by atoms with E-state index in [0.29, 0.717) is 0 Å². The predicted molar refractivity (Wildman–Crippen MR) is 93.4 cm³/mol. The van der Waals surface area contributed by atoms with E-state index in [1.54, 1.807) is 0 Å². The number of nitrogens with one attached hydrogen (secondary N) is 1. The van der Waals surface area contributed by atoms with Crippen LogP contribution in [-0.4, -0.2) is 8.96 Å². The third-order valence-electron chi connectivity index (χ3n) is 3.26. The Balaban J connectivity index is 2.46. The maximum absolute atomic E-state index is 14.2. The van der Waals surface area contributed by atoms with Gasteiger partial charge in [0.2, 0.25) is 0 Å². The van der Waals surface area contributed by atoms with Gasteiger partial charge in [0.05, 0.1) is 21.8 Å². The van der Waals surface area contributed by atoms with Gasteiger partial charge in [0.15, 0.2) is 0 Å². The summed E-state index contributed by atoms with van der Waals surface area (Å²) in [6, 6.07) is 10.0. The number of rotatable bonds is 4. The molecule has 0 aliphatic heterocycles. The fraction of sp³-hybridized carbons (Fsp3) is 0.294. The lowest BCUT2D eigenvalue weighted by Gasteiger charge is -2.25. The van der Waals surface area contributed by atoms with Crippen molar-refractivity contribution >= 4 is 26.9 Å². The van der Waals surface area contributed by atoms with Gasteiger partial charge in [-0.15, -0.1) is 0 Å². The molecule has 0 radical (unpaired) electrons. The standard InChI is InChI=1S/C17H18BrF2NOS/c1-17(2,3)23(22)21-16(11-4-6-12(18)7-5-11)14-9-8-13(19)10-15(14)20/h4-10,16,21H,1-3H3/t16-,23?/m1/s1. The van der Waals surface area contributed by atoms with Gasteiger partial charge in [0.1, 0.15) is 11.6 Å². The summed E-state index contributed by atoms with van der Waals surface area (Å²) in [6.45, 7) is 5.49. The summed E-state index contributed by atoms with van der Waals surface area (Å²) < 4.78 is 43.2. The molecule has 2 aromatic rings. The number of hydrogen-bond acceptors (Lipinski definition) is 1. The molecule has 0 aromatic heterocycles. The predicted octanol–water partition coefficient (Wildman–Crippen LogP) is 4.87. The molecule has 1 unspecified atom stereocenters. The van der Waals surface area contributed by atoms with Crippen molar-refractivity contribution in [1.29, 1.82) is 0 Å². The Kier molecular flexibility index (Phi) is 5.70. The third kappa shape index (κ3) is 4.68. The lowest BCUT2D eigenvalue weighted by Crippen LogP contribution is -2.36. The SMILES string of the molecule is CC(C)(C)S(=O)N[C@H](c1ccc(Br)cc1)c1ccc(F)cc1F. The van der Waals surface area contributed by atoms with E-state index in [1.807, 2.05) is 45.0 Å². The second kappa shape index (κ2) is 7.20. The van der Waals surface area contributed by atoms with Gasteiger partial charge < -0.3 is 0 Å². The largest absolute Gasteiger partial charge is 0.242 e. The van der Waals surface area contributed by atoms with E-state index in [0.717, 1.165) is 16.1 Å². The summed E-state index contributed by atoms with van der Waals surface area (Å²) in [4.78, 5) is 0. The maximum Gasteiger partial charge on any atom is 0.131 e. The Morgan fingerprint density at radius 2 is 1.70 bits per heavy atom. The van der Waals surface area contributed by atoms with Gasteiger partial charge in [-0.1, -0.05) is 34.1 Å². The normalized spacial score (nSPS) is 14.5. The van der Waals surface area contributed by atoms with Crippen molar-refractivity contribution in [3.63, 3.8) is 0 Å². The molecule has 0 bridgehead atoms. The quantitative estimate of drug-likeness (QED) is 0.777. The molecule has 0 saturated heterocycles. The molecule has 0 aliphatic carbocycles. The Morgan fingerprint density at radius 3 is 2.22 bits per heavy atom. The molecule has 6 heteroatoms. The highest BCUT2D eigenvalue weighted by Crippen LogP contribution is 2.28. The molecule has 0 heterocycles. The zero-order valence-corrected chi connectivity index (χ0v) is 15.5. The minimum atomic E-state index is -1.41. The monoisotopic (exact) mass is 401 g/mol. The molecule has 0 aliphatic rings. The van der Waals surface area contributed by atoms with Gasteiger partial charge in [0.25, 0.3) is 0 Å². The van der Waals surface area contributed by atoms with E-state index in [9.17, 15) is 13.0 Å². The van der Waals surface area contributed by atoms with Crippen LogP contribution in [0.1, 0.15) is 37.9 Å². The van der Waals surface area contributed by atoms with Crippen LogP contribution in [-0.2, 0) is 11.0 Å². The van der Waals surface area contributed by atoms with Crippen LogP contribution < -0.4 is 4.72 Å². The molecule has 2 nitrogen and oxygen atoms in total. The molecule has 2 rings (SSSR count). The smallest absolute Gasteiger partial charge is 0.131 e. The fourth-order valence-electron chi connectivity index (χ4n) is 1.99.